The van der Waals surface area contributed by atoms with Crippen LogP contribution in [0.2, 0.25) is 0 Å². The Morgan fingerprint density at radius 2 is 2.25 bits per heavy atom. The Morgan fingerprint density at radius 3 is 2.96 bits per heavy atom. The van der Waals surface area contributed by atoms with E-state index in [9.17, 15) is 9.18 Å². The topological polar surface area (TPSA) is 64.3 Å². The van der Waals surface area contributed by atoms with E-state index in [1.165, 1.54) is 19.2 Å². The molecule has 1 aliphatic rings. The molecular formula is C20H18BrFN3O3+. The van der Waals surface area contributed by atoms with E-state index in [0.29, 0.717) is 33.8 Å². The Balaban J connectivity index is 1.91. The standard InChI is InChI=1S/C20H18BrFN3O3/c1-20(28-12-27-3,13-5-4-6-14(22)9-13)8-7-17(26)16-10-15-19(25(16)2)23-11-18(21)24-15/h4-6,9,11H,10,12H2,1-3H3/q+1. The number of nitrogens with zero attached hydrogens (tertiary/aromatic N) is 3. The van der Waals surface area contributed by atoms with Crippen molar-refractivity contribution in [3.05, 3.63) is 52.1 Å². The van der Waals surface area contributed by atoms with E-state index in [0.717, 1.165) is 0 Å². The molecule has 1 atom stereocenters. The van der Waals surface area contributed by atoms with Crippen LogP contribution in [0, 0.1) is 17.7 Å². The average Bonchev–Trinajstić information content (AvgIpc) is 3.00. The molecule has 1 aromatic heterocycles. The van der Waals surface area contributed by atoms with E-state index in [-0.39, 0.29) is 12.6 Å². The summed E-state index contributed by atoms with van der Waals surface area (Å²) < 4.78 is 26.6. The lowest BCUT2D eigenvalue weighted by Gasteiger charge is -2.24. The second-order valence-electron chi connectivity index (χ2n) is 6.32. The van der Waals surface area contributed by atoms with Gasteiger partial charge in [-0.05, 0) is 51.5 Å². The lowest BCUT2D eigenvalue weighted by atomic mass is 9.95. The number of methoxy groups -OCH3 is 1. The number of carbonyl (C=O) groups excluding carboxylic acids is 1. The number of halogens is 2. The van der Waals surface area contributed by atoms with Crippen molar-refractivity contribution in [2.45, 2.75) is 18.9 Å². The predicted octanol–water partition coefficient (Wildman–Crippen LogP) is 2.76. The number of ketones is 1. The first-order chi connectivity index (χ1) is 13.3. The van der Waals surface area contributed by atoms with Gasteiger partial charge in [-0.25, -0.2) is 13.9 Å². The third-order valence-corrected chi connectivity index (χ3v) is 4.75. The van der Waals surface area contributed by atoms with Gasteiger partial charge in [0.1, 0.15) is 22.9 Å². The lowest BCUT2D eigenvalue weighted by molar-refractivity contribution is -0.405. The third kappa shape index (κ3) is 4.17. The average molecular weight is 447 g/mol. The van der Waals surface area contributed by atoms with E-state index in [2.05, 4.69) is 37.7 Å². The fraction of sp³-hybridized carbons (Fsp3) is 0.300. The number of carbonyl (C=O) groups is 1. The normalized spacial score (nSPS) is 14.9. The highest BCUT2D eigenvalue weighted by Crippen LogP contribution is 2.26. The van der Waals surface area contributed by atoms with Crippen molar-refractivity contribution < 1.29 is 23.2 Å². The Hall–Kier alpha value is -2.47. The molecule has 28 heavy (non-hydrogen) atoms. The van der Waals surface area contributed by atoms with Gasteiger partial charge in [0.05, 0.1) is 13.5 Å². The summed E-state index contributed by atoms with van der Waals surface area (Å²) in [5.41, 5.74) is 0.447. The Labute approximate surface area is 170 Å². The first kappa shape index (κ1) is 20.3. The van der Waals surface area contributed by atoms with Crippen LogP contribution in [0.1, 0.15) is 18.2 Å². The van der Waals surface area contributed by atoms with Crippen LogP contribution in [0.25, 0.3) is 0 Å². The summed E-state index contributed by atoms with van der Waals surface area (Å²) in [6.07, 6.45) is 1.91. The maximum atomic E-state index is 13.7. The van der Waals surface area contributed by atoms with Crippen LogP contribution in [0.15, 0.2) is 35.1 Å². The molecule has 2 heterocycles. The van der Waals surface area contributed by atoms with Crippen LogP contribution in [0.5, 0.6) is 0 Å². The second-order valence-corrected chi connectivity index (χ2v) is 7.13. The molecule has 0 fully saturated rings. The number of aromatic nitrogens is 2. The van der Waals surface area contributed by atoms with Crippen molar-refractivity contribution in [1.29, 1.82) is 0 Å². The molecule has 0 spiro atoms. The lowest BCUT2D eigenvalue weighted by Crippen LogP contribution is -2.27. The van der Waals surface area contributed by atoms with E-state index < -0.39 is 11.4 Å². The van der Waals surface area contributed by atoms with Crippen molar-refractivity contribution in [2.75, 3.05) is 21.0 Å². The number of hydrogen-bond donors (Lipinski definition) is 0. The fourth-order valence-corrected chi connectivity index (χ4v) is 3.15. The number of Topliss-reactive ketones (excluding diaryl/α,β-unsaturated/α-hetero) is 1. The van der Waals surface area contributed by atoms with Gasteiger partial charge in [-0.1, -0.05) is 18.1 Å². The van der Waals surface area contributed by atoms with Crippen molar-refractivity contribution in [3.8, 4) is 11.8 Å². The summed E-state index contributed by atoms with van der Waals surface area (Å²) in [7, 11) is 3.22. The molecule has 2 aromatic rings. The van der Waals surface area contributed by atoms with Crippen LogP contribution in [-0.4, -0.2) is 47.0 Å². The molecule has 0 saturated heterocycles. The van der Waals surface area contributed by atoms with E-state index >= 15 is 0 Å². The molecule has 3 rings (SSSR count). The third-order valence-electron chi connectivity index (χ3n) is 4.37. The molecule has 0 aliphatic carbocycles. The van der Waals surface area contributed by atoms with Crippen LogP contribution in [-0.2, 0) is 26.3 Å². The van der Waals surface area contributed by atoms with E-state index in [4.69, 9.17) is 9.47 Å². The summed E-state index contributed by atoms with van der Waals surface area (Å²) in [5.74, 6) is 5.31. The Kier molecular flexibility index (Phi) is 5.98. The first-order valence-electron chi connectivity index (χ1n) is 8.41. The molecule has 144 valence electrons. The van der Waals surface area contributed by atoms with Crippen LogP contribution < -0.4 is 0 Å². The molecule has 0 radical (unpaired) electrons. The zero-order valence-corrected chi connectivity index (χ0v) is 17.2. The molecule has 1 aromatic carbocycles. The summed E-state index contributed by atoms with van der Waals surface area (Å²) in [6, 6.07) is 5.91. The smallest absolute Gasteiger partial charge is 0.345 e. The highest BCUT2D eigenvalue weighted by Gasteiger charge is 2.33. The molecule has 1 aliphatic heterocycles. The summed E-state index contributed by atoms with van der Waals surface area (Å²) in [5, 5.41) is 0. The summed E-state index contributed by atoms with van der Waals surface area (Å²) >= 11 is 3.28. The Bertz CT molecular complexity index is 1030. The first-order valence-corrected chi connectivity index (χ1v) is 9.21. The van der Waals surface area contributed by atoms with Gasteiger partial charge < -0.3 is 9.47 Å². The second kappa shape index (κ2) is 8.27. The van der Waals surface area contributed by atoms with Gasteiger partial charge in [0.25, 0.3) is 5.78 Å². The molecule has 0 bridgehead atoms. The number of benzene rings is 1. The molecule has 0 saturated carbocycles. The number of hydrogen-bond acceptors (Lipinski definition) is 5. The minimum absolute atomic E-state index is 0.0559. The van der Waals surface area contributed by atoms with E-state index in [1.807, 2.05) is 0 Å². The molecule has 0 N–H and O–H groups in total. The fourth-order valence-electron chi connectivity index (χ4n) is 2.83. The van der Waals surface area contributed by atoms with Crippen molar-refractivity contribution >= 4 is 33.2 Å². The highest BCUT2D eigenvalue weighted by atomic mass is 79.9. The van der Waals surface area contributed by atoms with Crippen molar-refractivity contribution in [2.24, 2.45) is 0 Å². The van der Waals surface area contributed by atoms with Crippen molar-refractivity contribution in [3.63, 3.8) is 0 Å². The molecular weight excluding hydrogens is 429 g/mol. The largest absolute Gasteiger partial charge is 0.359 e. The number of rotatable bonds is 5. The summed E-state index contributed by atoms with van der Waals surface area (Å²) in [4.78, 5) is 21.4. The number of ether oxygens (including phenoxy) is 2. The van der Waals surface area contributed by atoms with Gasteiger partial charge in [0.2, 0.25) is 0 Å². The van der Waals surface area contributed by atoms with Gasteiger partial charge >= 0.3 is 5.82 Å². The van der Waals surface area contributed by atoms with Gasteiger partial charge in [0, 0.05) is 7.11 Å². The van der Waals surface area contributed by atoms with Gasteiger partial charge in [0.15, 0.2) is 17.5 Å². The minimum Gasteiger partial charge on any atom is -0.359 e. The molecule has 0 amide bonds. The summed E-state index contributed by atoms with van der Waals surface area (Å²) in [6.45, 7) is 1.61. The Morgan fingerprint density at radius 1 is 1.46 bits per heavy atom. The quantitative estimate of drug-likeness (QED) is 0.305. The van der Waals surface area contributed by atoms with E-state index in [1.54, 1.807) is 36.9 Å². The maximum Gasteiger partial charge on any atom is 0.345 e. The van der Waals surface area contributed by atoms with Crippen LogP contribution >= 0.6 is 15.9 Å². The zero-order chi connectivity index (χ0) is 20.3. The predicted molar refractivity (Wildman–Crippen MR) is 104 cm³/mol. The molecule has 6 nitrogen and oxygen atoms in total. The van der Waals surface area contributed by atoms with Crippen LogP contribution in [0.4, 0.5) is 10.2 Å². The van der Waals surface area contributed by atoms with Gasteiger partial charge in [-0.3, -0.25) is 4.79 Å². The highest BCUT2D eigenvalue weighted by molar-refractivity contribution is 9.10. The zero-order valence-electron chi connectivity index (χ0n) is 15.6. The molecule has 8 heteroatoms. The number of fused-ring (bicyclic) bond motifs is 1. The molecule has 1 unspecified atom stereocenters. The SMILES string of the molecule is COCOC(C)(C#CC(=O)C1=[N+](C)c2ncc(Br)nc2C1)c1cccc(F)c1. The monoisotopic (exact) mass is 446 g/mol. The minimum atomic E-state index is -1.21. The van der Waals surface area contributed by atoms with Gasteiger partial charge in [-0.2, -0.15) is 0 Å². The maximum absolute atomic E-state index is 13.7. The van der Waals surface area contributed by atoms with Crippen molar-refractivity contribution in [1.82, 2.24) is 9.97 Å². The van der Waals surface area contributed by atoms with Gasteiger partial charge in [-0.15, -0.1) is 0 Å². The van der Waals surface area contributed by atoms with Crippen LogP contribution in [0.3, 0.4) is 0 Å².